The number of phenols is 1. The number of hydrogen-bond acceptors (Lipinski definition) is 4. The summed E-state index contributed by atoms with van der Waals surface area (Å²) in [5.41, 5.74) is 0.148. The highest BCUT2D eigenvalue weighted by molar-refractivity contribution is 5.85. The number of nitrogens with one attached hydrogen (secondary N) is 1. The highest BCUT2D eigenvalue weighted by Crippen LogP contribution is 2.25. The lowest BCUT2D eigenvalue weighted by molar-refractivity contribution is -0.125. The minimum absolute atomic E-state index is 0.0903. The predicted octanol–water partition coefficient (Wildman–Crippen LogP) is 2.34. The largest absolute Gasteiger partial charge is 0.507 e. The third kappa shape index (κ3) is 2.99. The Balaban J connectivity index is 2.21. The zero-order valence-electron chi connectivity index (χ0n) is 11.3. The molecular formula is C14H17N3O2. The molecule has 2 aromatic rings. The summed E-state index contributed by atoms with van der Waals surface area (Å²) in [5.74, 6) is 1.12. The molecule has 1 heterocycles. The Morgan fingerprint density at radius 1 is 1.32 bits per heavy atom. The first-order valence-corrected chi connectivity index (χ1v) is 6.11. The monoisotopic (exact) mass is 259 g/mol. The molecule has 19 heavy (non-hydrogen) atoms. The maximum Gasteiger partial charge on any atom is 0.184 e. The molecular weight excluding hydrogens is 242 g/mol. The quantitative estimate of drug-likeness (QED) is 0.886. The summed E-state index contributed by atoms with van der Waals surface area (Å²) in [6, 6.07) is 6.83. The highest BCUT2D eigenvalue weighted by atomic mass is 16.3. The number of phenolic OH excluding ortho intramolecular Hbond substituents is 1. The first kappa shape index (κ1) is 13.3. The molecule has 0 saturated heterocycles. The minimum Gasteiger partial charge on any atom is -0.507 e. The first-order valence-electron chi connectivity index (χ1n) is 6.11. The molecule has 1 aromatic heterocycles. The molecule has 1 aromatic carbocycles. The number of benzene rings is 1. The van der Waals surface area contributed by atoms with Gasteiger partial charge in [0, 0.05) is 5.41 Å². The summed E-state index contributed by atoms with van der Waals surface area (Å²) in [5, 5.41) is 16.5. The van der Waals surface area contributed by atoms with E-state index in [1.807, 2.05) is 20.8 Å². The minimum atomic E-state index is -0.401. The van der Waals surface area contributed by atoms with Crippen LogP contribution in [0, 0.1) is 5.41 Å². The average molecular weight is 259 g/mol. The van der Waals surface area contributed by atoms with Gasteiger partial charge in [-0.2, -0.15) is 5.10 Å². The SMILES string of the molecule is CC(C)(C)C(=O)Cc1nc(-c2ccccc2O)n[nH]1. The van der Waals surface area contributed by atoms with Crippen molar-refractivity contribution in [3.63, 3.8) is 0 Å². The van der Waals surface area contributed by atoms with Crippen LogP contribution in [-0.2, 0) is 11.2 Å². The molecule has 2 N–H and O–H groups in total. The molecule has 0 aliphatic heterocycles. The van der Waals surface area contributed by atoms with E-state index < -0.39 is 5.41 Å². The van der Waals surface area contributed by atoms with Crippen LogP contribution in [0.25, 0.3) is 11.4 Å². The van der Waals surface area contributed by atoms with Crippen LogP contribution in [0.5, 0.6) is 5.75 Å². The fourth-order valence-corrected chi connectivity index (χ4v) is 1.57. The van der Waals surface area contributed by atoms with Gasteiger partial charge in [0.1, 0.15) is 17.4 Å². The van der Waals surface area contributed by atoms with Crippen LogP contribution in [0.1, 0.15) is 26.6 Å². The second-order valence-electron chi connectivity index (χ2n) is 5.47. The number of nitrogens with zero attached hydrogens (tertiary/aromatic N) is 2. The van der Waals surface area contributed by atoms with Gasteiger partial charge in [0.05, 0.1) is 12.0 Å². The van der Waals surface area contributed by atoms with Crippen molar-refractivity contribution < 1.29 is 9.90 Å². The molecule has 0 radical (unpaired) electrons. The number of carbonyl (C=O) groups excluding carboxylic acids is 1. The van der Waals surface area contributed by atoms with Gasteiger partial charge in [-0.1, -0.05) is 32.9 Å². The standard InChI is InChI=1S/C14H17N3O2/c1-14(2,3)11(19)8-12-15-13(17-16-12)9-6-4-5-7-10(9)18/h4-7,18H,8H2,1-3H3,(H,15,16,17). The Morgan fingerprint density at radius 3 is 2.63 bits per heavy atom. The van der Waals surface area contributed by atoms with E-state index >= 15 is 0 Å². The lowest BCUT2D eigenvalue weighted by Crippen LogP contribution is -2.22. The van der Waals surface area contributed by atoms with Crippen molar-refractivity contribution in [3.05, 3.63) is 30.1 Å². The molecule has 0 saturated carbocycles. The van der Waals surface area contributed by atoms with Gasteiger partial charge in [-0.05, 0) is 12.1 Å². The fourth-order valence-electron chi connectivity index (χ4n) is 1.57. The molecule has 0 atom stereocenters. The Kier molecular flexibility index (Phi) is 3.38. The van der Waals surface area contributed by atoms with Gasteiger partial charge >= 0.3 is 0 Å². The summed E-state index contributed by atoms with van der Waals surface area (Å²) >= 11 is 0. The van der Waals surface area contributed by atoms with Gasteiger partial charge in [-0.3, -0.25) is 9.89 Å². The van der Waals surface area contributed by atoms with E-state index in [9.17, 15) is 9.90 Å². The number of aromatic amines is 1. The zero-order valence-corrected chi connectivity index (χ0v) is 11.3. The highest BCUT2D eigenvalue weighted by Gasteiger charge is 2.22. The maximum atomic E-state index is 11.9. The van der Waals surface area contributed by atoms with Crippen LogP contribution >= 0.6 is 0 Å². The molecule has 5 heteroatoms. The van der Waals surface area contributed by atoms with Crippen LogP contribution in [0.4, 0.5) is 0 Å². The predicted molar refractivity (Wildman–Crippen MR) is 71.6 cm³/mol. The van der Waals surface area contributed by atoms with E-state index in [4.69, 9.17) is 0 Å². The van der Waals surface area contributed by atoms with E-state index in [1.165, 1.54) is 0 Å². The second-order valence-corrected chi connectivity index (χ2v) is 5.47. The smallest absolute Gasteiger partial charge is 0.184 e. The molecule has 0 aliphatic carbocycles. The van der Waals surface area contributed by atoms with Crippen molar-refractivity contribution in [2.45, 2.75) is 27.2 Å². The van der Waals surface area contributed by atoms with Crippen LogP contribution in [0.15, 0.2) is 24.3 Å². The van der Waals surface area contributed by atoms with Crippen molar-refractivity contribution in [1.82, 2.24) is 15.2 Å². The number of para-hydroxylation sites is 1. The molecule has 0 unspecified atom stereocenters. The van der Waals surface area contributed by atoms with Crippen molar-refractivity contribution in [1.29, 1.82) is 0 Å². The normalized spacial score (nSPS) is 11.5. The van der Waals surface area contributed by atoms with E-state index in [0.29, 0.717) is 17.2 Å². The van der Waals surface area contributed by atoms with Crippen LogP contribution in [0.3, 0.4) is 0 Å². The van der Waals surface area contributed by atoms with Crippen molar-refractivity contribution in [3.8, 4) is 17.1 Å². The van der Waals surface area contributed by atoms with Gasteiger partial charge in [0.2, 0.25) is 0 Å². The van der Waals surface area contributed by atoms with E-state index in [1.54, 1.807) is 24.3 Å². The summed E-state index contributed by atoms with van der Waals surface area (Å²) in [6.07, 6.45) is 0.212. The summed E-state index contributed by atoms with van der Waals surface area (Å²) < 4.78 is 0. The molecule has 0 amide bonds. The Labute approximate surface area is 111 Å². The van der Waals surface area contributed by atoms with Crippen LogP contribution in [0.2, 0.25) is 0 Å². The van der Waals surface area contributed by atoms with Crippen molar-refractivity contribution >= 4 is 5.78 Å². The molecule has 0 aliphatic rings. The molecule has 0 fully saturated rings. The molecule has 2 rings (SSSR count). The van der Waals surface area contributed by atoms with Crippen molar-refractivity contribution in [2.24, 2.45) is 5.41 Å². The van der Waals surface area contributed by atoms with Gasteiger partial charge < -0.3 is 5.11 Å². The third-order valence-corrected chi connectivity index (χ3v) is 2.84. The number of aromatic hydroxyl groups is 1. The topological polar surface area (TPSA) is 78.9 Å². The first-order chi connectivity index (χ1) is 8.88. The second kappa shape index (κ2) is 4.84. The lowest BCUT2D eigenvalue weighted by atomic mass is 9.89. The van der Waals surface area contributed by atoms with Crippen LogP contribution < -0.4 is 0 Å². The fraction of sp³-hybridized carbons (Fsp3) is 0.357. The summed E-state index contributed by atoms with van der Waals surface area (Å²) in [6.45, 7) is 5.61. The molecule has 100 valence electrons. The summed E-state index contributed by atoms with van der Waals surface area (Å²) in [4.78, 5) is 16.2. The van der Waals surface area contributed by atoms with E-state index in [0.717, 1.165) is 0 Å². The van der Waals surface area contributed by atoms with E-state index in [-0.39, 0.29) is 18.0 Å². The molecule has 5 nitrogen and oxygen atoms in total. The molecule has 0 bridgehead atoms. The van der Waals surface area contributed by atoms with Crippen molar-refractivity contribution in [2.75, 3.05) is 0 Å². The number of rotatable bonds is 3. The average Bonchev–Trinajstić information content (AvgIpc) is 2.76. The molecule has 0 spiro atoms. The lowest BCUT2D eigenvalue weighted by Gasteiger charge is -2.14. The van der Waals surface area contributed by atoms with E-state index in [2.05, 4.69) is 15.2 Å². The zero-order chi connectivity index (χ0) is 14.0. The van der Waals surface area contributed by atoms with Gasteiger partial charge in [0.25, 0.3) is 0 Å². The number of aromatic nitrogens is 3. The summed E-state index contributed by atoms with van der Waals surface area (Å²) in [7, 11) is 0. The Hall–Kier alpha value is -2.17. The number of ketones is 1. The van der Waals surface area contributed by atoms with Crippen LogP contribution in [-0.4, -0.2) is 26.1 Å². The van der Waals surface area contributed by atoms with Gasteiger partial charge in [-0.25, -0.2) is 4.98 Å². The van der Waals surface area contributed by atoms with Gasteiger partial charge in [0.15, 0.2) is 5.82 Å². The Morgan fingerprint density at radius 2 is 2.00 bits per heavy atom. The third-order valence-electron chi connectivity index (χ3n) is 2.84. The number of Topliss-reactive ketones (excluding diaryl/α,β-unsaturated/α-hetero) is 1. The number of carbonyl (C=O) groups is 1. The maximum absolute atomic E-state index is 11.9. The van der Waals surface area contributed by atoms with Gasteiger partial charge in [-0.15, -0.1) is 0 Å². The number of H-pyrrole nitrogens is 1. The Bertz CT molecular complexity index is 597. The number of hydrogen-bond donors (Lipinski definition) is 2.